The zero-order chi connectivity index (χ0) is 13.0. The molecule has 1 aliphatic rings. The van der Waals surface area contributed by atoms with Gasteiger partial charge in [-0.15, -0.1) is 0 Å². The van der Waals surface area contributed by atoms with E-state index in [1.807, 2.05) is 0 Å². The van der Waals surface area contributed by atoms with Crippen molar-refractivity contribution in [3.05, 3.63) is 18.3 Å². The number of hydrogen-bond donors (Lipinski definition) is 2. The molecule has 0 aromatic carbocycles. The van der Waals surface area contributed by atoms with Gasteiger partial charge in [0.05, 0.1) is 12.3 Å². The first-order valence-corrected chi connectivity index (χ1v) is 7.34. The van der Waals surface area contributed by atoms with E-state index in [0.717, 1.165) is 12.8 Å². The number of ether oxygens (including phenoxy) is 1. The summed E-state index contributed by atoms with van der Waals surface area (Å²) >= 11 is 0. The molecule has 1 aliphatic heterocycles. The van der Waals surface area contributed by atoms with Crippen LogP contribution in [0.5, 0.6) is 0 Å². The Hall–Kier alpha value is -1.18. The maximum atomic E-state index is 12.2. The van der Waals surface area contributed by atoms with Gasteiger partial charge in [0.1, 0.15) is 0 Å². The van der Waals surface area contributed by atoms with Gasteiger partial charge in [-0.3, -0.25) is 0 Å². The number of nitrogens with one attached hydrogen (secondary N) is 2. The molecule has 2 heterocycles. The van der Waals surface area contributed by atoms with Gasteiger partial charge < -0.3 is 10.1 Å². The average Bonchev–Trinajstić information content (AvgIpc) is 2.39. The molecule has 100 valence electrons. The predicted molar refractivity (Wildman–Crippen MR) is 67.9 cm³/mol. The summed E-state index contributed by atoms with van der Waals surface area (Å²) in [5, 5.41) is 2.85. The molecule has 1 atom stereocenters. The highest BCUT2D eigenvalue weighted by Crippen LogP contribution is 2.18. The largest absolute Gasteiger partial charge is 0.386 e. The zero-order valence-electron chi connectivity index (χ0n) is 10.2. The van der Waals surface area contributed by atoms with Gasteiger partial charge in [-0.25, -0.2) is 18.1 Å². The molecule has 7 heteroatoms. The van der Waals surface area contributed by atoms with E-state index in [1.54, 1.807) is 19.2 Å². The molecule has 1 unspecified atom stereocenters. The SMILES string of the molecule is CNc1cccnc1S(=O)(=O)NC1CCCOC1. The summed E-state index contributed by atoms with van der Waals surface area (Å²) < 4.78 is 32.3. The van der Waals surface area contributed by atoms with Crippen molar-refractivity contribution in [3.8, 4) is 0 Å². The molecule has 0 aliphatic carbocycles. The minimum absolute atomic E-state index is 0.0260. The number of sulfonamides is 1. The van der Waals surface area contributed by atoms with Gasteiger partial charge in [-0.1, -0.05) is 0 Å². The average molecular weight is 271 g/mol. The summed E-state index contributed by atoms with van der Waals surface area (Å²) in [5.41, 5.74) is 0.488. The molecule has 2 N–H and O–H groups in total. The Bertz CT molecular complexity index is 498. The van der Waals surface area contributed by atoms with Crippen LogP contribution in [-0.2, 0) is 14.8 Å². The fourth-order valence-electron chi connectivity index (χ4n) is 1.90. The Morgan fingerprint density at radius 2 is 2.33 bits per heavy atom. The minimum Gasteiger partial charge on any atom is -0.386 e. The molecule has 1 aromatic rings. The third-order valence-electron chi connectivity index (χ3n) is 2.78. The van der Waals surface area contributed by atoms with E-state index in [9.17, 15) is 8.42 Å². The molecule has 1 fully saturated rings. The van der Waals surface area contributed by atoms with Crippen LogP contribution in [0.3, 0.4) is 0 Å². The van der Waals surface area contributed by atoms with Gasteiger partial charge in [0, 0.05) is 25.9 Å². The molecule has 0 bridgehead atoms. The van der Waals surface area contributed by atoms with Gasteiger partial charge >= 0.3 is 0 Å². The predicted octanol–water partition coefficient (Wildman–Crippen LogP) is 0.581. The Labute approximate surface area is 107 Å². The maximum Gasteiger partial charge on any atom is 0.260 e. The van der Waals surface area contributed by atoms with E-state index in [-0.39, 0.29) is 11.1 Å². The van der Waals surface area contributed by atoms with E-state index in [4.69, 9.17) is 4.74 Å². The summed E-state index contributed by atoms with van der Waals surface area (Å²) in [6, 6.07) is 3.20. The topological polar surface area (TPSA) is 80.3 Å². The number of aromatic nitrogens is 1. The highest BCUT2D eigenvalue weighted by Gasteiger charge is 2.25. The summed E-state index contributed by atoms with van der Waals surface area (Å²) in [4.78, 5) is 3.93. The Balaban J connectivity index is 2.19. The zero-order valence-corrected chi connectivity index (χ0v) is 11.0. The molecule has 18 heavy (non-hydrogen) atoms. The van der Waals surface area contributed by atoms with Crippen LogP contribution in [0.1, 0.15) is 12.8 Å². The van der Waals surface area contributed by atoms with Crippen LogP contribution in [0.2, 0.25) is 0 Å². The number of hydrogen-bond acceptors (Lipinski definition) is 5. The number of anilines is 1. The van der Waals surface area contributed by atoms with Crippen molar-refractivity contribution in [2.24, 2.45) is 0 Å². The summed E-state index contributed by atoms with van der Waals surface area (Å²) in [6.45, 7) is 1.12. The lowest BCUT2D eigenvalue weighted by atomic mass is 10.1. The Kier molecular flexibility index (Phi) is 4.15. The molecule has 0 saturated carbocycles. The van der Waals surface area contributed by atoms with Crippen molar-refractivity contribution >= 4 is 15.7 Å². The van der Waals surface area contributed by atoms with Crippen molar-refractivity contribution in [1.29, 1.82) is 0 Å². The van der Waals surface area contributed by atoms with E-state index in [1.165, 1.54) is 6.20 Å². The highest BCUT2D eigenvalue weighted by atomic mass is 32.2. The van der Waals surface area contributed by atoms with Crippen LogP contribution in [-0.4, -0.2) is 39.7 Å². The lowest BCUT2D eigenvalue weighted by Crippen LogP contribution is -2.41. The lowest BCUT2D eigenvalue weighted by Gasteiger charge is -2.23. The lowest BCUT2D eigenvalue weighted by molar-refractivity contribution is 0.0774. The second-order valence-corrected chi connectivity index (χ2v) is 5.77. The molecule has 1 saturated heterocycles. The van der Waals surface area contributed by atoms with Crippen LogP contribution in [0.15, 0.2) is 23.4 Å². The third kappa shape index (κ3) is 2.98. The fraction of sp³-hybridized carbons (Fsp3) is 0.545. The first-order valence-electron chi connectivity index (χ1n) is 5.86. The molecule has 0 radical (unpaired) electrons. The maximum absolute atomic E-state index is 12.2. The number of pyridine rings is 1. The van der Waals surface area contributed by atoms with Gasteiger partial charge in [0.2, 0.25) is 0 Å². The fourth-order valence-corrected chi connectivity index (χ4v) is 3.30. The van der Waals surface area contributed by atoms with Crippen molar-refractivity contribution in [2.75, 3.05) is 25.6 Å². The Morgan fingerprint density at radius 3 is 3.00 bits per heavy atom. The van der Waals surface area contributed by atoms with Gasteiger partial charge in [-0.05, 0) is 25.0 Å². The monoisotopic (exact) mass is 271 g/mol. The number of nitrogens with zero attached hydrogens (tertiary/aromatic N) is 1. The van der Waals surface area contributed by atoms with E-state index < -0.39 is 10.0 Å². The van der Waals surface area contributed by atoms with Gasteiger partial charge in [0.25, 0.3) is 10.0 Å². The van der Waals surface area contributed by atoms with E-state index >= 15 is 0 Å². The molecular weight excluding hydrogens is 254 g/mol. The second kappa shape index (κ2) is 5.64. The smallest absolute Gasteiger partial charge is 0.260 e. The molecule has 2 rings (SSSR count). The third-order valence-corrected chi connectivity index (χ3v) is 4.26. The van der Waals surface area contributed by atoms with Crippen LogP contribution in [0, 0.1) is 0 Å². The summed E-state index contributed by atoms with van der Waals surface area (Å²) in [6.07, 6.45) is 3.13. The summed E-state index contributed by atoms with van der Waals surface area (Å²) in [7, 11) is -1.94. The van der Waals surface area contributed by atoms with Crippen LogP contribution >= 0.6 is 0 Å². The van der Waals surface area contributed by atoms with Crippen molar-refractivity contribution in [3.63, 3.8) is 0 Å². The summed E-state index contributed by atoms with van der Waals surface area (Å²) in [5.74, 6) is 0. The Morgan fingerprint density at radius 1 is 1.50 bits per heavy atom. The second-order valence-electron chi connectivity index (χ2n) is 4.14. The van der Waals surface area contributed by atoms with Crippen molar-refractivity contribution in [2.45, 2.75) is 23.9 Å². The van der Waals surface area contributed by atoms with E-state index in [2.05, 4.69) is 15.0 Å². The van der Waals surface area contributed by atoms with Gasteiger partial charge in [0.15, 0.2) is 5.03 Å². The molecular formula is C11H17N3O3S. The molecule has 0 spiro atoms. The normalized spacial score (nSPS) is 20.6. The standard InChI is InChI=1S/C11H17N3O3S/c1-12-10-5-2-6-13-11(10)18(15,16)14-9-4-3-7-17-8-9/h2,5-6,9,12,14H,3-4,7-8H2,1H3. The molecule has 0 amide bonds. The van der Waals surface area contributed by atoms with Crippen molar-refractivity contribution in [1.82, 2.24) is 9.71 Å². The van der Waals surface area contributed by atoms with Gasteiger partial charge in [-0.2, -0.15) is 0 Å². The highest BCUT2D eigenvalue weighted by molar-refractivity contribution is 7.89. The minimum atomic E-state index is -3.61. The van der Waals surface area contributed by atoms with E-state index in [0.29, 0.717) is 18.9 Å². The van der Waals surface area contributed by atoms with Crippen LogP contribution in [0.25, 0.3) is 0 Å². The van der Waals surface area contributed by atoms with Crippen molar-refractivity contribution < 1.29 is 13.2 Å². The quantitative estimate of drug-likeness (QED) is 0.837. The van der Waals surface area contributed by atoms with Crippen LogP contribution < -0.4 is 10.0 Å². The molecule has 6 nitrogen and oxygen atoms in total. The first-order chi connectivity index (χ1) is 8.63. The van der Waals surface area contributed by atoms with Crippen LogP contribution in [0.4, 0.5) is 5.69 Å². The molecule has 1 aromatic heterocycles. The first kappa shape index (κ1) is 13.3. The number of rotatable bonds is 4.